The summed E-state index contributed by atoms with van der Waals surface area (Å²) >= 11 is 0. The van der Waals surface area contributed by atoms with E-state index in [-0.39, 0.29) is 0 Å². The zero-order valence-corrected chi connectivity index (χ0v) is 11.8. The molecule has 0 aliphatic rings. The Morgan fingerprint density at radius 3 is 2.81 bits per heavy atom. The summed E-state index contributed by atoms with van der Waals surface area (Å²) in [7, 11) is 2.82. The molecule has 0 N–H and O–H groups in total. The van der Waals surface area contributed by atoms with Gasteiger partial charge in [-0.2, -0.15) is 0 Å². The van der Waals surface area contributed by atoms with E-state index in [2.05, 4.69) is 50.6 Å². The normalized spacial score (nSPS) is 13.3. The molecule has 0 saturated carbocycles. The molecule has 0 aromatic carbocycles. The van der Waals surface area contributed by atoms with E-state index in [9.17, 15) is 0 Å². The topological polar surface area (TPSA) is 21.1 Å². The van der Waals surface area contributed by atoms with Crippen LogP contribution in [0.2, 0.25) is 0 Å². The zero-order chi connectivity index (χ0) is 12.0. The molecule has 16 heavy (non-hydrogen) atoms. The van der Waals surface area contributed by atoms with Crippen LogP contribution < -0.4 is 0 Å². The van der Waals surface area contributed by atoms with E-state index in [1.807, 2.05) is 6.33 Å². The quantitative estimate of drug-likeness (QED) is 0.684. The summed E-state index contributed by atoms with van der Waals surface area (Å²) in [5.41, 5.74) is 1.20. The first kappa shape index (κ1) is 13.7. The third-order valence-corrected chi connectivity index (χ3v) is 3.49. The van der Waals surface area contributed by atoms with Crippen LogP contribution in [-0.2, 0) is 13.0 Å². The van der Waals surface area contributed by atoms with Gasteiger partial charge in [0.25, 0.3) is 0 Å². The largest absolute Gasteiger partial charge is 0.337 e. The summed E-state index contributed by atoms with van der Waals surface area (Å²) in [5.74, 6) is 0. The summed E-state index contributed by atoms with van der Waals surface area (Å²) in [5, 5.41) is 0. The SMILES string of the molecule is CCCN(P)C(C)Cc1cn(CCC)cn1. The van der Waals surface area contributed by atoms with Gasteiger partial charge in [-0.3, -0.25) is 4.67 Å². The van der Waals surface area contributed by atoms with E-state index in [4.69, 9.17) is 0 Å². The van der Waals surface area contributed by atoms with Crippen LogP contribution in [0.25, 0.3) is 0 Å². The molecular weight excluding hydrogens is 217 g/mol. The van der Waals surface area contributed by atoms with Crippen molar-refractivity contribution < 1.29 is 0 Å². The van der Waals surface area contributed by atoms with Crippen molar-refractivity contribution in [2.45, 2.75) is 52.6 Å². The Morgan fingerprint density at radius 1 is 1.44 bits per heavy atom. The number of hydrogen-bond acceptors (Lipinski definition) is 2. The fraction of sp³-hybridized carbons (Fsp3) is 0.750. The van der Waals surface area contributed by atoms with Crippen molar-refractivity contribution in [3.8, 4) is 0 Å². The van der Waals surface area contributed by atoms with Gasteiger partial charge in [0.1, 0.15) is 0 Å². The highest BCUT2D eigenvalue weighted by molar-refractivity contribution is 7.13. The maximum Gasteiger partial charge on any atom is 0.0949 e. The fourth-order valence-electron chi connectivity index (χ4n) is 1.79. The maximum atomic E-state index is 4.44. The molecule has 0 saturated heterocycles. The van der Waals surface area contributed by atoms with E-state index in [1.54, 1.807) is 0 Å². The van der Waals surface area contributed by atoms with Crippen molar-refractivity contribution in [2.75, 3.05) is 6.54 Å². The highest BCUT2D eigenvalue weighted by Crippen LogP contribution is 2.12. The lowest BCUT2D eigenvalue weighted by atomic mass is 10.2. The summed E-state index contributed by atoms with van der Waals surface area (Å²) < 4.78 is 4.49. The molecule has 1 aromatic rings. The minimum absolute atomic E-state index is 0.537. The zero-order valence-electron chi connectivity index (χ0n) is 10.7. The van der Waals surface area contributed by atoms with Crippen LogP contribution in [0.15, 0.2) is 12.5 Å². The second-order valence-electron chi connectivity index (χ2n) is 4.39. The molecule has 1 heterocycles. The van der Waals surface area contributed by atoms with Gasteiger partial charge in [0.05, 0.1) is 12.0 Å². The average Bonchev–Trinajstić information content (AvgIpc) is 2.66. The van der Waals surface area contributed by atoms with Gasteiger partial charge in [-0.1, -0.05) is 23.2 Å². The van der Waals surface area contributed by atoms with E-state index in [0.717, 1.165) is 25.9 Å². The highest BCUT2D eigenvalue weighted by Gasteiger charge is 2.10. The lowest BCUT2D eigenvalue weighted by Gasteiger charge is -2.22. The van der Waals surface area contributed by atoms with Gasteiger partial charge in [0.15, 0.2) is 0 Å². The van der Waals surface area contributed by atoms with Gasteiger partial charge in [0.2, 0.25) is 0 Å². The molecule has 1 rings (SSSR count). The molecule has 1 aromatic heterocycles. The third kappa shape index (κ3) is 4.23. The molecule has 0 bridgehead atoms. The molecule has 4 heteroatoms. The van der Waals surface area contributed by atoms with Crippen LogP contribution in [0, 0.1) is 0 Å². The second-order valence-corrected chi connectivity index (χ2v) is 5.06. The van der Waals surface area contributed by atoms with Crippen molar-refractivity contribution in [1.29, 1.82) is 0 Å². The van der Waals surface area contributed by atoms with Crippen molar-refractivity contribution in [1.82, 2.24) is 14.2 Å². The third-order valence-electron chi connectivity index (χ3n) is 2.72. The van der Waals surface area contributed by atoms with Crippen LogP contribution in [0.3, 0.4) is 0 Å². The van der Waals surface area contributed by atoms with Crippen LogP contribution in [0.4, 0.5) is 0 Å². The Kier molecular flexibility index (Phi) is 6.00. The molecule has 0 radical (unpaired) electrons. The Bertz CT molecular complexity index is 298. The molecule has 0 fully saturated rings. The number of aryl methyl sites for hydroxylation is 1. The first-order valence-electron chi connectivity index (χ1n) is 6.19. The smallest absolute Gasteiger partial charge is 0.0949 e. The van der Waals surface area contributed by atoms with Gasteiger partial charge in [-0.25, -0.2) is 4.98 Å². The maximum absolute atomic E-state index is 4.44. The molecule has 3 nitrogen and oxygen atoms in total. The number of nitrogens with zero attached hydrogens (tertiary/aromatic N) is 3. The summed E-state index contributed by atoms with van der Waals surface area (Å²) in [4.78, 5) is 4.44. The minimum atomic E-state index is 0.537. The fourth-order valence-corrected chi connectivity index (χ4v) is 2.15. The summed E-state index contributed by atoms with van der Waals surface area (Å²) in [6.45, 7) is 8.84. The number of imidazole rings is 1. The summed E-state index contributed by atoms with van der Waals surface area (Å²) in [6.07, 6.45) is 7.50. The Morgan fingerprint density at radius 2 is 2.19 bits per heavy atom. The first-order valence-corrected chi connectivity index (χ1v) is 6.71. The molecular formula is C12H24N3P. The van der Waals surface area contributed by atoms with Crippen LogP contribution in [-0.4, -0.2) is 26.8 Å². The molecule has 0 aliphatic heterocycles. The van der Waals surface area contributed by atoms with E-state index in [1.165, 1.54) is 12.1 Å². The molecule has 2 atom stereocenters. The highest BCUT2D eigenvalue weighted by atomic mass is 31.0. The lowest BCUT2D eigenvalue weighted by Crippen LogP contribution is -2.26. The molecule has 0 amide bonds. The summed E-state index contributed by atoms with van der Waals surface area (Å²) in [6, 6.07) is 0.537. The van der Waals surface area contributed by atoms with Gasteiger partial charge >= 0.3 is 0 Å². The number of hydrogen-bond donors (Lipinski definition) is 0. The second kappa shape index (κ2) is 7.03. The predicted molar refractivity (Wildman–Crippen MR) is 72.4 cm³/mol. The Hall–Kier alpha value is -0.400. The van der Waals surface area contributed by atoms with Gasteiger partial charge in [-0.15, -0.1) is 0 Å². The molecule has 0 spiro atoms. The molecule has 2 unspecified atom stereocenters. The van der Waals surface area contributed by atoms with Gasteiger partial charge < -0.3 is 4.57 Å². The van der Waals surface area contributed by atoms with Crippen LogP contribution >= 0.6 is 9.39 Å². The average molecular weight is 241 g/mol. The van der Waals surface area contributed by atoms with E-state index in [0.29, 0.717) is 6.04 Å². The van der Waals surface area contributed by atoms with Crippen molar-refractivity contribution >= 4 is 9.39 Å². The van der Waals surface area contributed by atoms with Crippen molar-refractivity contribution in [2.24, 2.45) is 0 Å². The standard InChI is InChI=1S/C12H24N3P/c1-4-6-14-9-12(13-10-14)8-11(3)15(16)7-5-2/h9-11H,4-8,16H2,1-3H3. The van der Waals surface area contributed by atoms with E-state index < -0.39 is 0 Å². The van der Waals surface area contributed by atoms with E-state index >= 15 is 0 Å². The number of aromatic nitrogens is 2. The van der Waals surface area contributed by atoms with Crippen molar-refractivity contribution in [3.63, 3.8) is 0 Å². The predicted octanol–water partition coefficient (Wildman–Crippen LogP) is 2.73. The van der Waals surface area contributed by atoms with Crippen molar-refractivity contribution in [3.05, 3.63) is 18.2 Å². The Labute approximate surface area is 102 Å². The minimum Gasteiger partial charge on any atom is -0.337 e. The first-order chi connectivity index (χ1) is 7.67. The number of rotatable bonds is 7. The molecule has 0 aliphatic carbocycles. The van der Waals surface area contributed by atoms with Gasteiger partial charge in [0, 0.05) is 31.7 Å². The monoisotopic (exact) mass is 241 g/mol. The Balaban J connectivity index is 2.45. The van der Waals surface area contributed by atoms with Crippen LogP contribution in [0.1, 0.15) is 39.3 Å². The van der Waals surface area contributed by atoms with Crippen LogP contribution in [0.5, 0.6) is 0 Å². The van der Waals surface area contributed by atoms with Gasteiger partial charge in [-0.05, 0) is 19.8 Å². The molecule has 92 valence electrons. The lowest BCUT2D eigenvalue weighted by molar-refractivity contribution is 0.368.